The minimum atomic E-state index is -0.970. The van der Waals surface area contributed by atoms with E-state index in [0.717, 1.165) is 4.90 Å². The van der Waals surface area contributed by atoms with Crippen LogP contribution in [0.2, 0.25) is 0 Å². The van der Waals surface area contributed by atoms with Gasteiger partial charge in [-0.3, -0.25) is 29.9 Å². The highest BCUT2D eigenvalue weighted by Gasteiger charge is 2.36. The monoisotopic (exact) mass is 249 g/mol. The Morgan fingerprint density at radius 3 is 2.22 bits per heavy atom. The molecule has 8 nitrogen and oxygen atoms in total. The first-order chi connectivity index (χ1) is 8.49. The Hall–Kier alpha value is -2.77. The summed E-state index contributed by atoms with van der Waals surface area (Å²) in [5.74, 6) is -1.90. The molecule has 0 unspecified atom stereocenters. The Balaban J connectivity index is 2.15. The summed E-state index contributed by atoms with van der Waals surface area (Å²) in [7, 11) is 0. The number of carbonyl (C=O) groups is 3. The molecule has 4 amide bonds. The van der Waals surface area contributed by atoms with Crippen LogP contribution in [0.25, 0.3) is 0 Å². The molecule has 8 heteroatoms. The van der Waals surface area contributed by atoms with Gasteiger partial charge < -0.3 is 0 Å². The number of amides is 4. The maximum absolute atomic E-state index is 11.3. The Kier molecular flexibility index (Phi) is 2.76. The van der Waals surface area contributed by atoms with E-state index in [-0.39, 0.29) is 12.2 Å². The largest absolute Gasteiger partial charge is 0.331 e. The van der Waals surface area contributed by atoms with Crippen LogP contribution >= 0.6 is 0 Å². The predicted octanol–water partition coefficient (Wildman–Crippen LogP) is 0.173. The van der Waals surface area contributed by atoms with Crippen molar-refractivity contribution in [3.63, 3.8) is 0 Å². The van der Waals surface area contributed by atoms with Gasteiger partial charge in [-0.15, -0.1) is 0 Å². The van der Waals surface area contributed by atoms with Gasteiger partial charge in [0.1, 0.15) is 0 Å². The highest BCUT2D eigenvalue weighted by Crippen LogP contribution is 2.14. The molecule has 92 valence electrons. The first kappa shape index (κ1) is 11.7. The molecule has 0 saturated carbocycles. The van der Waals surface area contributed by atoms with Crippen molar-refractivity contribution in [2.24, 2.45) is 0 Å². The van der Waals surface area contributed by atoms with Gasteiger partial charge in [0.15, 0.2) is 0 Å². The molecule has 1 aromatic rings. The first-order valence-corrected chi connectivity index (χ1v) is 4.89. The van der Waals surface area contributed by atoms with Crippen molar-refractivity contribution in [2.75, 3.05) is 0 Å². The van der Waals surface area contributed by atoms with Crippen LogP contribution in [0.3, 0.4) is 0 Å². The van der Waals surface area contributed by atoms with E-state index >= 15 is 0 Å². The number of nitro benzene ring substituents is 1. The number of urea groups is 1. The third-order valence-corrected chi connectivity index (χ3v) is 2.39. The van der Waals surface area contributed by atoms with E-state index in [0.29, 0.717) is 5.56 Å². The second kappa shape index (κ2) is 4.24. The molecular formula is C10H7N3O5. The lowest BCUT2D eigenvalue weighted by atomic mass is 10.2. The average Bonchev–Trinajstić information content (AvgIpc) is 2.57. The number of nitro groups is 1. The number of rotatable bonds is 3. The lowest BCUT2D eigenvalue weighted by Gasteiger charge is -2.10. The third kappa shape index (κ3) is 2.03. The van der Waals surface area contributed by atoms with Gasteiger partial charge in [0.05, 0.1) is 11.5 Å². The molecule has 1 aliphatic rings. The number of imide groups is 2. The van der Waals surface area contributed by atoms with Crippen LogP contribution in [0.4, 0.5) is 10.5 Å². The van der Waals surface area contributed by atoms with E-state index in [1.54, 1.807) is 0 Å². The molecule has 0 aromatic heterocycles. The predicted molar refractivity (Wildman–Crippen MR) is 57.2 cm³/mol. The van der Waals surface area contributed by atoms with Crippen LogP contribution in [0.1, 0.15) is 5.56 Å². The second-order valence-corrected chi connectivity index (χ2v) is 3.57. The zero-order valence-electron chi connectivity index (χ0n) is 8.95. The van der Waals surface area contributed by atoms with Crippen molar-refractivity contribution in [2.45, 2.75) is 6.54 Å². The lowest BCUT2D eigenvalue weighted by molar-refractivity contribution is -0.384. The van der Waals surface area contributed by atoms with E-state index in [1.165, 1.54) is 24.3 Å². The Labute approximate surface area is 100 Å². The molecule has 2 rings (SSSR count). The van der Waals surface area contributed by atoms with Crippen LogP contribution < -0.4 is 5.32 Å². The summed E-state index contributed by atoms with van der Waals surface area (Å²) >= 11 is 0. The molecule has 0 aliphatic carbocycles. The Bertz CT molecular complexity index is 551. The van der Waals surface area contributed by atoms with Gasteiger partial charge in [-0.25, -0.2) is 4.79 Å². The number of non-ortho nitro benzene ring substituents is 1. The first-order valence-electron chi connectivity index (χ1n) is 4.89. The standard InChI is InChI=1S/C10H7N3O5/c14-8-9(15)12(10(16)11-8)5-6-1-3-7(4-2-6)13(17)18/h1-4H,5H2,(H,11,14,16). The van der Waals surface area contributed by atoms with E-state index in [9.17, 15) is 24.5 Å². The minimum Gasteiger partial charge on any atom is -0.269 e. The SMILES string of the molecule is O=C1NC(=O)N(Cc2ccc([N+](=O)[O-])cc2)C1=O. The zero-order chi connectivity index (χ0) is 13.3. The molecule has 1 heterocycles. The van der Waals surface area contributed by atoms with Crippen molar-refractivity contribution in [3.8, 4) is 0 Å². The molecule has 1 N–H and O–H groups in total. The van der Waals surface area contributed by atoms with Crippen LogP contribution in [0.5, 0.6) is 0 Å². The summed E-state index contributed by atoms with van der Waals surface area (Å²) in [5, 5.41) is 12.3. The molecule has 0 atom stereocenters. The molecule has 18 heavy (non-hydrogen) atoms. The number of nitrogens with zero attached hydrogens (tertiary/aromatic N) is 2. The van der Waals surface area contributed by atoms with Gasteiger partial charge in [-0.05, 0) is 5.56 Å². The maximum atomic E-state index is 11.3. The molecule has 1 saturated heterocycles. The molecule has 1 aromatic carbocycles. The summed E-state index contributed by atoms with van der Waals surface area (Å²) in [5.41, 5.74) is 0.422. The van der Waals surface area contributed by atoms with Crippen molar-refractivity contribution >= 4 is 23.5 Å². The highest BCUT2D eigenvalue weighted by atomic mass is 16.6. The second-order valence-electron chi connectivity index (χ2n) is 3.57. The van der Waals surface area contributed by atoms with Crippen molar-refractivity contribution in [1.82, 2.24) is 10.2 Å². The molecule has 0 radical (unpaired) electrons. The van der Waals surface area contributed by atoms with Crippen molar-refractivity contribution in [1.29, 1.82) is 0 Å². The Morgan fingerprint density at radius 1 is 1.17 bits per heavy atom. The quantitative estimate of drug-likeness (QED) is 0.355. The fraction of sp³-hybridized carbons (Fsp3) is 0.100. The van der Waals surface area contributed by atoms with Crippen molar-refractivity contribution < 1.29 is 19.3 Å². The summed E-state index contributed by atoms with van der Waals surface area (Å²) in [6.45, 7) is -0.103. The summed E-state index contributed by atoms with van der Waals surface area (Å²) < 4.78 is 0. The zero-order valence-corrected chi connectivity index (χ0v) is 8.95. The third-order valence-electron chi connectivity index (χ3n) is 2.39. The fourth-order valence-corrected chi connectivity index (χ4v) is 1.48. The molecular weight excluding hydrogens is 242 g/mol. The smallest absolute Gasteiger partial charge is 0.269 e. The van der Waals surface area contributed by atoms with Crippen LogP contribution in [0.15, 0.2) is 24.3 Å². The van der Waals surface area contributed by atoms with Gasteiger partial charge >= 0.3 is 17.8 Å². The summed E-state index contributed by atoms with van der Waals surface area (Å²) in [4.78, 5) is 44.1. The topological polar surface area (TPSA) is 110 Å². The number of benzene rings is 1. The van der Waals surface area contributed by atoms with E-state index in [1.807, 2.05) is 5.32 Å². The fourth-order valence-electron chi connectivity index (χ4n) is 1.48. The number of hydrogen-bond donors (Lipinski definition) is 1. The highest BCUT2D eigenvalue weighted by molar-refractivity contribution is 6.44. The normalized spacial score (nSPS) is 14.9. The number of carbonyl (C=O) groups excluding carboxylic acids is 3. The van der Waals surface area contributed by atoms with Crippen LogP contribution in [-0.2, 0) is 16.1 Å². The summed E-state index contributed by atoms with van der Waals surface area (Å²) in [6.07, 6.45) is 0. The lowest BCUT2D eigenvalue weighted by Crippen LogP contribution is -2.30. The van der Waals surface area contributed by atoms with Gasteiger partial charge in [-0.1, -0.05) is 12.1 Å². The molecule has 0 bridgehead atoms. The van der Waals surface area contributed by atoms with E-state index < -0.39 is 22.8 Å². The molecule has 0 spiro atoms. The van der Waals surface area contributed by atoms with E-state index in [4.69, 9.17) is 0 Å². The van der Waals surface area contributed by atoms with E-state index in [2.05, 4.69) is 0 Å². The van der Waals surface area contributed by atoms with Gasteiger partial charge in [0, 0.05) is 12.1 Å². The number of nitrogens with one attached hydrogen (secondary N) is 1. The van der Waals surface area contributed by atoms with Crippen LogP contribution in [-0.4, -0.2) is 27.7 Å². The molecule has 1 fully saturated rings. The Morgan fingerprint density at radius 2 is 1.78 bits per heavy atom. The van der Waals surface area contributed by atoms with Crippen molar-refractivity contribution in [3.05, 3.63) is 39.9 Å². The van der Waals surface area contributed by atoms with Gasteiger partial charge in [0.25, 0.3) is 5.69 Å². The summed E-state index contributed by atoms with van der Waals surface area (Å²) in [6, 6.07) is 4.57. The van der Waals surface area contributed by atoms with Crippen LogP contribution in [0, 0.1) is 10.1 Å². The minimum absolute atomic E-state index is 0.0907. The van der Waals surface area contributed by atoms with Gasteiger partial charge in [0.2, 0.25) is 0 Å². The number of hydrogen-bond acceptors (Lipinski definition) is 5. The average molecular weight is 249 g/mol. The van der Waals surface area contributed by atoms with Gasteiger partial charge in [-0.2, -0.15) is 0 Å². The molecule has 1 aliphatic heterocycles. The maximum Gasteiger partial charge on any atom is 0.331 e.